The van der Waals surface area contributed by atoms with E-state index >= 15 is 0 Å². The van der Waals surface area contributed by atoms with Gasteiger partial charge in [0, 0.05) is 19.3 Å². The number of nitrogens with one attached hydrogen (secondary N) is 2. The Hall–Kier alpha value is -1.83. The van der Waals surface area contributed by atoms with Crippen LogP contribution in [0, 0.1) is 0 Å². The lowest BCUT2D eigenvalue weighted by molar-refractivity contribution is -0.137. The van der Waals surface area contributed by atoms with Gasteiger partial charge in [-0.15, -0.1) is 0 Å². The fourth-order valence-electron chi connectivity index (χ4n) is 2.76. The zero-order valence-corrected chi connectivity index (χ0v) is 13.5. The normalized spacial score (nSPS) is 17.3. The van der Waals surface area contributed by atoms with E-state index in [1.807, 2.05) is 0 Å². The molecule has 24 heavy (non-hydrogen) atoms. The van der Waals surface area contributed by atoms with E-state index in [-0.39, 0.29) is 5.91 Å². The van der Waals surface area contributed by atoms with Gasteiger partial charge in [0.1, 0.15) is 5.82 Å². The molecule has 8 heteroatoms. The fraction of sp³-hybridized carbons (Fsp3) is 0.625. The van der Waals surface area contributed by atoms with Crippen LogP contribution in [-0.4, -0.2) is 29.5 Å². The summed E-state index contributed by atoms with van der Waals surface area (Å²) in [6, 6.07) is 2.27. The Morgan fingerprint density at radius 3 is 2.50 bits per heavy atom. The quantitative estimate of drug-likeness (QED) is 0.693. The van der Waals surface area contributed by atoms with Gasteiger partial charge in [-0.05, 0) is 31.4 Å². The molecule has 0 aliphatic heterocycles. The number of hydrogen-bond acceptors (Lipinski definition) is 4. The third-order valence-corrected chi connectivity index (χ3v) is 4.23. The molecule has 0 bridgehead atoms. The number of nitrogens with zero attached hydrogens (tertiary/aromatic N) is 1. The summed E-state index contributed by atoms with van der Waals surface area (Å²) in [5, 5.41) is 5.76. The van der Waals surface area contributed by atoms with E-state index in [0.29, 0.717) is 38.2 Å². The minimum absolute atomic E-state index is 0.116. The molecular weight excluding hydrogens is 321 g/mol. The number of aromatic nitrogens is 1. The molecule has 0 atom stereocenters. The van der Waals surface area contributed by atoms with Crippen LogP contribution >= 0.6 is 0 Å². The molecule has 1 aromatic rings. The monoisotopic (exact) mass is 344 g/mol. The highest BCUT2D eigenvalue weighted by Gasteiger charge is 2.34. The van der Waals surface area contributed by atoms with E-state index < -0.39 is 17.3 Å². The molecule has 0 spiro atoms. The minimum atomic E-state index is -4.38. The first-order valence-electron chi connectivity index (χ1n) is 8.16. The van der Waals surface area contributed by atoms with Gasteiger partial charge in [-0.2, -0.15) is 13.2 Å². The Balaban J connectivity index is 1.67. The maximum atomic E-state index is 12.4. The van der Waals surface area contributed by atoms with E-state index in [1.54, 1.807) is 0 Å². The molecule has 0 unspecified atom stereocenters. The summed E-state index contributed by atoms with van der Waals surface area (Å²) < 4.78 is 37.3. The second-order valence-electron chi connectivity index (χ2n) is 6.18. The SMILES string of the molecule is NC1(C(=O)NCCCNc2ccc(C(F)(F)F)cn2)CCCCC1. The van der Waals surface area contributed by atoms with Crippen LogP contribution in [0.1, 0.15) is 44.1 Å². The van der Waals surface area contributed by atoms with Crippen LogP contribution in [0.25, 0.3) is 0 Å². The second kappa shape index (κ2) is 7.83. The van der Waals surface area contributed by atoms with Gasteiger partial charge in [0.15, 0.2) is 0 Å². The van der Waals surface area contributed by atoms with Gasteiger partial charge < -0.3 is 16.4 Å². The molecule has 1 aliphatic carbocycles. The molecule has 0 radical (unpaired) electrons. The van der Waals surface area contributed by atoms with E-state index in [1.165, 1.54) is 6.07 Å². The van der Waals surface area contributed by atoms with Crippen LogP contribution in [-0.2, 0) is 11.0 Å². The molecule has 1 heterocycles. The minimum Gasteiger partial charge on any atom is -0.370 e. The van der Waals surface area contributed by atoms with Crippen LogP contribution < -0.4 is 16.4 Å². The van der Waals surface area contributed by atoms with Crippen molar-refractivity contribution in [3.05, 3.63) is 23.9 Å². The summed E-state index contributed by atoms with van der Waals surface area (Å²) in [6.07, 6.45) is 1.55. The molecule has 1 aliphatic rings. The van der Waals surface area contributed by atoms with Crippen LogP contribution in [0.2, 0.25) is 0 Å². The first kappa shape index (κ1) is 18.5. The van der Waals surface area contributed by atoms with Crippen LogP contribution in [0.5, 0.6) is 0 Å². The van der Waals surface area contributed by atoms with Crippen molar-refractivity contribution in [2.45, 2.75) is 50.2 Å². The van der Waals surface area contributed by atoms with Crippen molar-refractivity contribution in [1.82, 2.24) is 10.3 Å². The summed E-state index contributed by atoms with van der Waals surface area (Å²) in [5.74, 6) is 0.256. The lowest BCUT2D eigenvalue weighted by atomic mass is 9.82. The summed E-state index contributed by atoms with van der Waals surface area (Å²) in [4.78, 5) is 15.8. The predicted octanol–water partition coefficient (Wildman–Crippen LogP) is 2.68. The van der Waals surface area contributed by atoms with E-state index in [9.17, 15) is 18.0 Å². The summed E-state index contributed by atoms with van der Waals surface area (Å²) in [5.41, 5.74) is 4.60. The number of rotatable bonds is 6. The number of amides is 1. The number of carbonyl (C=O) groups is 1. The van der Waals surface area contributed by atoms with Gasteiger partial charge in [-0.25, -0.2) is 4.98 Å². The first-order valence-corrected chi connectivity index (χ1v) is 8.16. The third kappa shape index (κ3) is 5.09. The molecule has 0 saturated heterocycles. The van der Waals surface area contributed by atoms with E-state index in [2.05, 4.69) is 15.6 Å². The fourth-order valence-corrected chi connectivity index (χ4v) is 2.76. The average Bonchev–Trinajstić information content (AvgIpc) is 2.54. The van der Waals surface area contributed by atoms with Crippen LogP contribution in [0.4, 0.5) is 19.0 Å². The van der Waals surface area contributed by atoms with Crippen molar-refractivity contribution in [3.8, 4) is 0 Å². The van der Waals surface area contributed by atoms with E-state index in [4.69, 9.17) is 5.73 Å². The summed E-state index contributed by atoms with van der Waals surface area (Å²) in [6.45, 7) is 0.960. The van der Waals surface area contributed by atoms with Gasteiger partial charge in [-0.3, -0.25) is 4.79 Å². The number of hydrogen-bond donors (Lipinski definition) is 3. The zero-order valence-electron chi connectivity index (χ0n) is 13.5. The van der Waals surface area contributed by atoms with Gasteiger partial charge in [0.2, 0.25) is 5.91 Å². The maximum Gasteiger partial charge on any atom is 0.417 e. The van der Waals surface area contributed by atoms with E-state index in [0.717, 1.165) is 31.5 Å². The number of anilines is 1. The van der Waals surface area contributed by atoms with Gasteiger partial charge >= 0.3 is 6.18 Å². The smallest absolute Gasteiger partial charge is 0.370 e. The molecular formula is C16H23F3N4O. The van der Waals surface area contributed by atoms with Crippen LogP contribution in [0.3, 0.4) is 0 Å². The Bertz CT molecular complexity index is 539. The molecule has 1 aromatic heterocycles. The Morgan fingerprint density at radius 2 is 1.92 bits per heavy atom. The Kier molecular flexibility index (Phi) is 6.04. The molecule has 4 N–H and O–H groups in total. The largest absolute Gasteiger partial charge is 0.417 e. The number of halogens is 3. The van der Waals surface area contributed by atoms with Crippen molar-refractivity contribution in [2.75, 3.05) is 18.4 Å². The van der Waals surface area contributed by atoms with Crippen molar-refractivity contribution in [2.24, 2.45) is 5.73 Å². The summed E-state index contributed by atoms with van der Waals surface area (Å²) in [7, 11) is 0. The average molecular weight is 344 g/mol. The van der Waals surface area contributed by atoms with Crippen molar-refractivity contribution in [1.29, 1.82) is 0 Å². The number of pyridine rings is 1. The third-order valence-electron chi connectivity index (χ3n) is 4.23. The highest BCUT2D eigenvalue weighted by Crippen LogP contribution is 2.29. The number of carbonyl (C=O) groups excluding carboxylic acids is 1. The van der Waals surface area contributed by atoms with Crippen molar-refractivity contribution in [3.63, 3.8) is 0 Å². The topological polar surface area (TPSA) is 80.0 Å². The lowest BCUT2D eigenvalue weighted by Gasteiger charge is -2.31. The summed E-state index contributed by atoms with van der Waals surface area (Å²) >= 11 is 0. The van der Waals surface area contributed by atoms with Crippen molar-refractivity contribution >= 4 is 11.7 Å². The molecule has 134 valence electrons. The first-order chi connectivity index (χ1) is 11.3. The molecule has 1 fully saturated rings. The highest BCUT2D eigenvalue weighted by atomic mass is 19.4. The highest BCUT2D eigenvalue weighted by molar-refractivity contribution is 5.86. The lowest BCUT2D eigenvalue weighted by Crippen LogP contribution is -2.55. The standard InChI is InChI=1S/C16H23F3N4O/c17-16(18,19)12-5-6-13(23-11-12)21-9-4-10-22-14(24)15(20)7-2-1-3-8-15/h5-6,11H,1-4,7-10,20H2,(H,21,23)(H,22,24). The van der Waals surface area contributed by atoms with Gasteiger partial charge in [0.05, 0.1) is 11.1 Å². The molecule has 5 nitrogen and oxygen atoms in total. The molecule has 1 saturated carbocycles. The molecule has 1 amide bonds. The second-order valence-corrected chi connectivity index (χ2v) is 6.18. The Morgan fingerprint density at radius 1 is 1.21 bits per heavy atom. The maximum absolute atomic E-state index is 12.4. The van der Waals surface area contributed by atoms with Crippen molar-refractivity contribution < 1.29 is 18.0 Å². The van der Waals surface area contributed by atoms with Gasteiger partial charge in [0.25, 0.3) is 0 Å². The zero-order chi connectivity index (χ0) is 17.6. The Labute approximate surface area is 139 Å². The number of nitrogens with two attached hydrogens (primary N) is 1. The molecule has 0 aromatic carbocycles. The van der Waals surface area contributed by atoms with Crippen LogP contribution in [0.15, 0.2) is 18.3 Å². The predicted molar refractivity (Wildman–Crippen MR) is 85.4 cm³/mol. The molecule has 2 rings (SSSR count). The van der Waals surface area contributed by atoms with Gasteiger partial charge in [-0.1, -0.05) is 19.3 Å². The number of alkyl halides is 3.